The number of amides is 1. The molecular weight excluding hydrogens is 264 g/mol. The van der Waals surface area contributed by atoms with Gasteiger partial charge in [0.1, 0.15) is 5.82 Å². The second-order valence-electron chi connectivity index (χ2n) is 5.59. The van der Waals surface area contributed by atoms with Gasteiger partial charge in [-0.2, -0.15) is 0 Å². The largest absolute Gasteiger partial charge is 0.370 e. The lowest BCUT2D eigenvalue weighted by Gasteiger charge is -2.17. The highest BCUT2D eigenvalue weighted by Crippen LogP contribution is 2.09. The van der Waals surface area contributed by atoms with E-state index in [9.17, 15) is 4.79 Å². The van der Waals surface area contributed by atoms with Gasteiger partial charge >= 0.3 is 0 Å². The molecule has 0 aliphatic carbocycles. The van der Waals surface area contributed by atoms with E-state index in [1.165, 1.54) is 0 Å². The molecule has 0 unspecified atom stereocenters. The number of pyridine rings is 1. The van der Waals surface area contributed by atoms with Crippen LogP contribution in [-0.2, 0) is 0 Å². The number of carbonyl (C=O) groups excluding carboxylic acids is 1. The van der Waals surface area contributed by atoms with Gasteiger partial charge in [0.05, 0.1) is 0 Å². The summed E-state index contributed by atoms with van der Waals surface area (Å²) in [5.74, 6) is 0.825. The van der Waals surface area contributed by atoms with Crippen LogP contribution < -0.4 is 5.32 Å². The van der Waals surface area contributed by atoms with E-state index in [4.69, 9.17) is 0 Å². The molecule has 0 spiro atoms. The molecule has 21 heavy (non-hydrogen) atoms. The fraction of sp³-hybridized carbons (Fsp3) is 0.625. The van der Waals surface area contributed by atoms with Crippen LogP contribution in [0.25, 0.3) is 0 Å². The Hall–Kier alpha value is -1.62. The summed E-state index contributed by atoms with van der Waals surface area (Å²) in [4.78, 5) is 20.5. The summed E-state index contributed by atoms with van der Waals surface area (Å²) in [5.41, 5.74) is 0.693. The molecule has 118 valence electrons. The van der Waals surface area contributed by atoms with Crippen molar-refractivity contribution >= 4 is 11.7 Å². The quantitative estimate of drug-likeness (QED) is 0.710. The van der Waals surface area contributed by atoms with Crippen molar-refractivity contribution in [1.29, 1.82) is 0 Å². The second-order valence-corrected chi connectivity index (χ2v) is 5.59. The van der Waals surface area contributed by atoms with Gasteiger partial charge in [-0.3, -0.25) is 4.79 Å². The predicted molar refractivity (Wildman–Crippen MR) is 87.8 cm³/mol. The SMILES string of the molecule is CCCCN(C)C(=O)c1ccnc(NCCCN(C)C)c1. The average Bonchev–Trinajstić information content (AvgIpc) is 2.48. The molecule has 1 heterocycles. The minimum atomic E-state index is 0.0576. The third kappa shape index (κ3) is 6.58. The monoisotopic (exact) mass is 292 g/mol. The van der Waals surface area contributed by atoms with Crippen molar-refractivity contribution in [2.24, 2.45) is 0 Å². The Labute approximate surface area is 128 Å². The zero-order chi connectivity index (χ0) is 15.7. The Kier molecular flexibility index (Phi) is 7.75. The highest BCUT2D eigenvalue weighted by molar-refractivity contribution is 5.94. The Bertz CT molecular complexity index is 434. The van der Waals surface area contributed by atoms with E-state index < -0.39 is 0 Å². The maximum atomic E-state index is 12.3. The van der Waals surface area contributed by atoms with Gasteiger partial charge in [0, 0.05) is 31.9 Å². The van der Waals surface area contributed by atoms with Gasteiger partial charge in [-0.15, -0.1) is 0 Å². The minimum absolute atomic E-state index is 0.0576. The zero-order valence-electron chi connectivity index (χ0n) is 13.7. The number of hydrogen-bond donors (Lipinski definition) is 1. The van der Waals surface area contributed by atoms with Crippen LogP contribution in [0.15, 0.2) is 18.3 Å². The molecule has 0 bridgehead atoms. The lowest BCUT2D eigenvalue weighted by Crippen LogP contribution is -2.27. The summed E-state index contributed by atoms with van der Waals surface area (Å²) in [6, 6.07) is 3.61. The summed E-state index contributed by atoms with van der Waals surface area (Å²) in [6.45, 7) is 4.81. The molecule has 0 saturated heterocycles. The number of carbonyl (C=O) groups is 1. The van der Waals surface area contributed by atoms with Gasteiger partial charge in [-0.25, -0.2) is 4.98 Å². The summed E-state index contributed by atoms with van der Waals surface area (Å²) in [7, 11) is 5.97. The average molecular weight is 292 g/mol. The van der Waals surface area contributed by atoms with Crippen molar-refractivity contribution < 1.29 is 4.79 Å². The van der Waals surface area contributed by atoms with Crippen LogP contribution in [0.3, 0.4) is 0 Å². The molecule has 1 rings (SSSR count). The molecule has 0 aliphatic heterocycles. The number of unbranched alkanes of at least 4 members (excludes halogenated alkanes) is 1. The van der Waals surface area contributed by atoms with Gasteiger partial charge in [0.2, 0.25) is 0 Å². The number of aromatic nitrogens is 1. The lowest BCUT2D eigenvalue weighted by molar-refractivity contribution is 0.0793. The minimum Gasteiger partial charge on any atom is -0.370 e. The van der Waals surface area contributed by atoms with Crippen LogP contribution in [0.4, 0.5) is 5.82 Å². The molecule has 1 aromatic rings. The van der Waals surface area contributed by atoms with E-state index in [1.54, 1.807) is 17.2 Å². The van der Waals surface area contributed by atoms with Crippen molar-refractivity contribution in [3.05, 3.63) is 23.9 Å². The Morgan fingerprint density at radius 1 is 1.24 bits per heavy atom. The van der Waals surface area contributed by atoms with Gasteiger partial charge in [0.25, 0.3) is 5.91 Å². The van der Waals surface area contributed by atoms with Crippen molar-refractivity contribution in [1.82, 2.24) is 14.8 Å². The van der Waals surface area contributed by atoms with Crippen LogP contribution >= 0.6 is 0 Å². The van der Waals surface area contributed by atoms with Crippen LogP contribution in [0.2, 0.25) is 0 Å². The molecule has 0 aromatic carbocycles. The van der Waals surface area contributed by atoms with E-state index in [2.05, 4.69) is 36.2 Å². The van der Waals surface area contributed by atoms with Gasteiger partial charge in [-0.1, -0.05) is 13.3 Å². The normalized spacial score (nSPS) is 10.7. The molecule has 1 N–H and O–H groups in total. The van der Waals surface area contributed by atoms with Crippen molar-refractivity contribution in [3.63, 3.8) is 0 Å². The van der Waals surface area contributed by atoms with Crippen LogP contribution in [0.1, 0.15) is 36.5 Å². The Morgan fingerprint density at radius 3 is 2.67 bits per heavy atom. The molecule has 5 nitrogen and oxygen atoms in total. The van der Waals surface area contributed by atoms with E-state index >= 15 is 0 Å². The van der Waals surface area contributed by atoms with Gasteiger partial charge in [-0.05, 0) is 45.6 Å². The standard InChI is InChI=1S/C16H28N4O/c1-5-6-12-20(4)16(21)14-8-10-18-15(13-14)17-9-7-11-19(2)3/h8,10,13H,5-7,9,11-12H2,1-4H3,(H,17,18). The molecule has 1 aromatic heterocycles. The summed E-state index contributed by atoms with van der Waals surface area (Å²) < 4.78 is 0. The summed E-state index contributed by atoms with van der Waals surface area (Å²) in [5, 5.41) is 3.27. The first-order chi connectivity index (χ1) is 10.0. The Balaban J connectivity index is 2.53. The number of nitrogens with zero attached hydrogens (tertiary/aromatic N) is 3. The molecule has 0 saturated carbocycles. The first kappa shape index (κ1) is 17.4. The predicted octanol–water partition coefficient (Wildman–Crippen LogP) is 2.32. The van der Waals surface area contributed by atoms with E-state index in [0.29, 0.717) is 5.56 Å². The molecular formula is C16H28N4O. The summed E-state index contributed by atoms with van der Waals surface area (Å²) in [6.07, 6.45) is 4.86. The van der Waals surface area contributed by atoms with E-state index in [1.807, 2.05) is 13.1 Å². The van der Waals surface area contributed by atoms with Crippen molar-refractivity contribution in [2.75, 3.05) is 46.1 Å². The molecule has 0 aliphatic rings. The number of rotatable bonds is 9. The molecule has 0 radical (unpaired) electrons. The second kappa shape index (κ2) is 9.34. The maximum Gasteiger partial charge on any atom is 0.253 e. The lowest BCUT2D eigenvalue weighted by atomic mass is 10.2. The molecule has 1 amide bonds. The third-order valence-corrected chi connectivity index (χ3v) is 3.29. The molecule has 0 atom stereocenters. The maximum absolute atomic E-state index is 12.3. The number of anilines is 1. The van der Waals surface area contributed by atoms with E-state index in [-0.39, 0.29) is 5.91 Å². The van der Waals surface area contributed by atoms with Crippen LogP contribution in [0, 0.1) is 0 Å². The topological polar surface area (TPSA) is 48.5 Å². The summed E-state index contributed by atoms with van der Waals surface area (Å²) >= 11 is 0. The third-order valence-electron chi connectivity index (χ3n) is 3.29. The van der Waals surface area contributed by atoms with Crippen molar-refractivity contribution in [3.8, 4) is 0 Å². The van der Waals surface area contributed by atoms with Crippen LogP contribution in [0.5, 0.6) is 0 Å². The molecule has 0 fully saturated rings. The smallest absolute Gasteiger partial charge is 0.253 e. The first-order valence-corrected chi connectivity index (χ1v) is 7.64. The molecule has 5 heteroatoms. The first-order valence-electron chi connectivity index (χ1n) is 7.64. The van der Waals surface area contributed by atoms with Crippen molar-refractivity contribution in [2.45, 2.75) is 26.2 Å². The number of hydrogen-bond acceptors (Lipinski definition) is 4. The highest BCUT2D eigenvalue weighted by Gasteiger charge is 2.11. The van der Waals surface area contributed by atoms with Crippen LogP contribution in [-0.4, -0.2) is 61.5 Å². The van der Waals surface area contributed by atoms with Gasteiger partial charge in [0.15, 0.2) is 0 Å². The Morgan fingerprint density at radius 2 is 2.00 bits per heavy atom. The van der Waals surface area contributed by atoms with Gasteiger partial charge < -0.3 is 15.1 Å². The fourth-order valence-corrected chi connectivity index (χ4v) is 1.99. The zero-order valence-corrected chi connectivity index (χ0v) is 13.7. The van der Waals surface area contributed by atoms with E-state index in [0.717, 1.165) is 44.7 Å². The number of nitrogens with one attached hydrogen (secondary N) is 1. The fourth-order valence-electron chi connectivity index (χ4n) is 1.99. The highest BCUT2D eigenvalue weighted by atomic mass is 16.2.